The molecule has 1 heterocycles. The van der Waals surface area contributed by atoms with Crippen LogP contribution < -0.4 is 4.72 Å². The molecule has 1 aromatic rings. The van der Waals surface area contributed by atoms with Gasteiger partial charge in [-0.05, 0) is 5.92 Å². The first-order valence-electron chi connectivity index (χ1n) is 5.37. The Morgan fingerprint density at radius 1 is 1.29 bits per heavy atom. The van der Waals surface area contributed by atoms with Gasteiger partial charge in [0.25, 0.3) is 10.2 Å². The molecule has 17 heavy (non-hydrogen) atoms. The van der Waals surface area contributed by atoms with E-state index in [2.05, 4.69) is 14.9 Å². The molecular formula is C9H19N5O2S. The van der Waals surface area contributed by atoms with Gasteiger partial charge in [-0.15, -0.1) is 0 Å². The molecule has 0 saturated heterocycles. The lowest BCUT2D eigenvalue weighted by molar-refractivity contribution is 0.354. The largest absolute Gasteiger partial charge is 0.279 e. The van der Waals surface area contributed by atoms with Gasteiger partial charge in [0, 0.05) is 20.1 Å². The van der Waals surface area contributed by atoms with Crippen LogP contribution in [0, 0.1) is 5.92 Å². The maximum Gasteiger partial charge on any atom is 0.279 e. The fourth-order valence-electron chi connectivity index (χ4n) is 1.19. The first kappa shape index (κ1) is 14.1. The molecule has 1 aromatic heterocycles. The molecule has 1 N–H and O–H groups in total. The zero-order valence-electron chi connectivity index (χ0n) is 10.5. The van der Waals surface area contributed by atoms with Gasteiger partial charge in [-0.1, -0.05) is 13.8 Å². The van der Waals surface area contributed by atoms with Crippen LogP contribution in [0.1, 0.15) is 13.8 Å². The number of hydrogen-bond acceptors (Lipinski definition) is 4. The van der Waals surface area contributed by atoms with E-state index >= 15 is 0 Å². The van der Waals surface area contributed by atoms with Crippen LogP contribution in [0.3, 0.4) is 0 Å². The van der Waals surface area contributed by atoms with E-state index in [0.29, 0.717) is 6.54 Å². The van der Waals surface area contributed by atoms with Crippen molar-refractivity contribution < 1.29 is 8.42 Å². The van der Waals surface area contributed by atoms with Crippen LogP contribution in [0.5, 0.6) is 0 Å². The van der Waals surface area contributed by atoms with Gasteiger partial charge < -0.3 is 0 Å². The van der Waals surface area contributed by atoms with E-state index in [4.69, 9.17) is 0 Å². The van der Waals surface area contributed by atoms with Gasteiger partial charge in [-0.2, -0.15) is 32.4 Å². The third-order valence-electron chi connectivity index (χ3n) is 2.41. The summed E-state index contributed by atoms with van der Waals surface area (Å²) in [6, 6.07) is -0.241. The van der Waals surface area contributed by atoms with Crippen LogP contribution in [0.2, 0.25) is 0 Å². The topological polar surface area (TPSA) is 80.1 Å². The third-order valence-corrected chi connectivity index (χ3v) is 3.97. The molecule has 0 aliphatic carbocycles. The Hall–Kier alpha value is -0.990. The maximum atomic E-state index is 11.7. The smallest absolute Gasteiger partial charge is 0.197 e. The molecule has 0 radical (unpaired) electrons. The molecule has 0 spiro atoms. The van der Waals surface area contributed by atoms with Crippen molar-refractivity contribution in [3.05, 3.63) is 12.4 Å². The summed E-state index contributed by atoms with van der Waals surface area (Å²) in [7, 11) is -0.447. The predicted octanol–water partition coefficient (Wildman–Crippen LogP) is -0.301. The Kier molecular flexibility index (Phi) is 4.61. The van der Waals surface area contributed by atoms with E-state index in [9.17, 15) is 8.42 Å². The van der Waals surface area contributed by atoms with Crippen molar-refractivity contribution in [3.8, 4) is 0 Å². The normalized spacial score (nSPS) is 14.5. The van der Waals surface area contributed by atoms with Gasteiger partial charge in [-0.25, -0.2) is 0 Å². The minimum atomic E-state index is -3.43. The monoisotopic (exact) mass is 261 g/mol. The summed E-state index contributed by atoms with van der Waals surface area (Å²) in [5.74, 6) is 0.149. The molecule has 0 saturated carbocycles. The highest BCUT2D eigenvalue weighted by Crippen LogP contribution is 2.06. The molecule has 0 aromatic carbocycles. The summed E-state index contributed by atoms with van der Waals surface area (Å²) in [5.41, 5.74) is 0. The summed E-state index contributed by atoms with van der Waals surface area (Å²) in [6.07, 6.45) is 3.13. The number of rotatable bonds is 6. The van der Waals surface area contributed by atoms with Crippen LogP contribution >= 0.6 is 0 Å². The molecule has 7 nitrogen and oxygen atoms in total. The van der Waals surface area contributed by atoms with Crippen molar-refractivity contribution in [2.24, 2.45) is 5.92 Å². The summed E-state index contributed by atoms with van der Waals surface area (Å²) in [4.78, 5) is 1.48. The first-order valence-corrected chi connectivity index (χ1v) is 6.81. The van der Waals surface area contributed by atoms with E-state index in [1.54, 1.807) is 12.4 Å². The van der Waals surface area contributed by atoms with Crippen LogP contribution in [-0.4, -0.2) is 47.9 Å². The average molecular weight is 261 g/mol. The second-order valence-corrected chi connectivity index (χ2v) is 6.26. The molecule has 1 atom stereocenters. The van der Waals surface area contributed by atoms with Crippen LogP contribution in [0.15, 0.2) is 12.4 Å². The quantitative estimate of drug-likeness (QED) is 0.762. The first-order chi connectivity index (χ1) is 7.83. The zero-order chi connectivity index (χ0) is 13.1. The highest BCUT2D eigenvalue weighted by Gasteiger charge is 2.23. The van der Waals surface area contributed by atoms with E-state index < -0.39 is 10.2 Å². The number of hydrogen-bond donors (Lipinski definition) is 1. The Bertz CT molecular complexity index is 426. The highest BCUT2D eigenvalue weighted by atomic mass is 32.2. The Morgan fingerprint density at radius 3 is 2.24 bits per heavy atom. The molecule has 1 unspecified atom stereocenters. The number of aromatic nitrogens is 3. The SMILES string of the molecule is CC(C)C(Cn1nccn1)NS(=O)(=O)N(C)C. The van der Waals surface area contributed by atoms with Gasteiger partial charge in [0.1, 0.15) is 0 Å². The minimum Gasteiger partial charge on any atom is -0.197 e. The summed E-state index contributed by atoms with van der Waals surface area (Å²) in [5, 5.41) is 7.94. The predicted molar refractivity (Wildman–Crippen MR) is 64.4 cm³/mol. The molecule has 0 bridgehead atoms. The Labute approximate surface area is 102 Å². The van der Waals surface area contributed by atoms with Crippen LogP contribution in [0.25, 0.3) is 0 Å². The van der Waals surface area contributed by atoms with Gasteiger partial charge >= 0.3 is 0 Å². The zero-order valence-corrected chi connectivity index (χ0v) is 11.3. The third kappa shape index (κ3) is 4.06. The molecule has 0 fully saturated rings. The lowest BCUT2D eigenvalue weighted by Gasteiger charge is -2.23. The summed E-state index contributed by atoms with van der Waals surface area (Å²) >= 11 is 0. The van der Waals surface area contributed by atoms with Gasteiger partial charge in [0.05, 0.1) is 18.9 Å². The lowest BCUT2D eigenvalue weighted by Crippen LogP contribution is -2.46. The van der Waals surface area contributed by atoms with Gasteiger partial charge in [-0.3, -0.25) is 0 Å². The molecule has 8 heteroatoms. The van der Waals surface area contributed by atoms with Gasteiger partial charge in [0.15, 0.2) is 0 Å². The van der Waals surface area contributed by atoms with Crippen molar-refractivity contribution in [2.45, 2.75) is 26.4 Å². The minimum absolute atomic E-state index is 0.149. The van der Waals surface area contributed by atoms with Gasteiger partial charge in [0.2, 0.25) is 0 Å². The van der Waals surface area contributed by atoms with Crippen molar-refractivity contribution >= 4 is 10.2 Å². The highest BCUT2D eigenvalue weighted by molar-refractivity contribution is 7.87. The van der Waals surface area contributed by atoms with E-state index in [-0.39, 0.29) is 12.0 Å². The van der Waals surface area contributed by atoms with Crippen molar-refractivity contribution in [1.82, 2.24) is 24.0 Å². The standard InChI is InChI=1S/C9H19N5O2S/c1-8(2)9(7-14-10-5-6-11-14)12-17(15,16)13(3)4/h5-6,8-9,12H,7H2,1-4H3. The second kappa shape index (κ2) is 5.56. The maximum absolute atomic E-state index is 11.7. The molecule has 0 aliphatic heterocycles. The summed E-state index contributed by atoms with van der Waals surface area (Å²) in [6.45, 7) is 4.32. The fraction of sp³-hybridized carbons (Fsp3) is 0.778. The van der Waals surface area contributed by atoms with Crippen molar-refractivity contribution in [3.63, 3.8) is 0 Å². The van der Waals surface area contributed by atoms with Crippen LogP contribution in [-0.2, 0) is 16.8 Å². The lowest BCUT2D eigenvalue weighted by atomic mass is 10.1. The van der Waals surface area contributed by atoms with Crippen molar-refractivity contribution in [2.75, 3.05) is 14.1 Å². The Morgan fingerprint density at radius 2 is 1.82 bits per heavy atom. The molecular weight excluding hydrogens is 242 g/mol. The molecule has 98 valence electrons. The second-order valence-electron chi connectivity index (χ2n) is 4.34. The number of nitrogens with one attached hydrogen (secondary N) is 1. The average Bonchev–Trinajstić information content (AvgIpc) is 2.68. The number of nitrogens with zero attached hydrogens (tertiary/aromatic N) is 4. The fourth-order valence-corrected chi connectivity index (χ4v) is 2.13. The molecule has 1 rings (SSSR count). The van der Waals surface area contributed by atoms with Crippen molar-refractivity contribution in [1.29, 1.82) is 0 Å². The molecule has 0 amide bonds. The summed E-state index contributed by atoms with van der Waals surface area (Å²) < 4.78 is 27.3. The van der Waals surface area contributed by atoms with E-state index in [1.807, 2.05) is 13.8 Å². The van der Waals surface area contributed by atoms with Crippen LogP contribution in [0.4, 0.5) is 0 Å². The molecule has 0 aliphatic rings. The van der Waals surface area contributed by atoms with E-state index in [0.717, 1.165) is 4.31 Å². The Balaban J connectivity index is 2.74. The van der Waals surface area contributed by atoms with E-state index in [1.165, 1.54) is 18.9 Å².